The molecule has 0 aliphatic carbocycles. The molecule has 2 rings (SSSR count). The summed E-state index contributed by atoms with van der Waals surface area (Å²) in [5.74, 6) is 0.413. The second kappa shape index (κ2) is 2.17. The van der Waals surface area contributed by atoms with Crippen molar-refractivity contribution in [2.75, 3.05) is 5.73 Å². The Morgan fingerprint density at radius 2 is 2.27 bits per heavy atom. The lowest BCUT2D eigenvalue weighted by Crippen LogP contribution is -1.82. The van der Waals surface area contributed by atoms with E-state index in [2.05, 4.69) is 17.8 Å². The number of aromatic nitrogens is 1. The van der Waals surface area contributed by atoms with Gasteiger partial charge < -0.3 is 10.3 Å². The molecule has 11 heavy (non-hydrogen) atoms. The fourth-order valence-corrected chi connectivity index (χ4v) is 1.21. The third-order valence-corrected chi connectivity index (χ3v) is 1.86. The molecule has 1 aromatic heterocycles. The van der Waals surface area contributed by atoms with Crippen molar-refractivity contribution in [2.24, 2.45) is 0 Å². The van der Waals surface area contributed by atoms with Crippen LogP contribution in [0.1, 0.15) is 0 Å². The largest absolute Gasteiger partial charge is 0.380 e. The molecule has 0 radical (unpaired) electrons. The van der Waals surface area contributed by atoms with E-state index in [1.165, 1.54) is 0 Å². The number of para-hydroxylation sites is 1. The number of nitrogens with zero attached hydrogens (tertiary/aromatic N) is 1. The van der Waals surface area contributed by atoms with E-state index < -0.39 is 0 Å². The Morgan fingerprint density at radius 1 is 1.45 bits per heavy atom. The number of anilines is 1. The number of benzene rings is 1. The molecule has 0 aliphatic rings. The monoisotopic (exact) mass is 166 g/mol. The van der Waals surface area contributed by atoms with Gasteiger partial charge in [0.05, 0.1) is 10.3 Å². The molecule has 0 aliphatic heterocycles. The zero-order chi connectivity index (χ0) is 7.84. The van der Waals surface area contributed by atoms with Gasteiger partial charge in [-0.1, -0.05) is 11.2 Å². The molecule has 3 nitrogen and oxygen atoms in total. The molecular weight excluding hydrogens is 160 g/mol. The van der Waals surface area contributed by atoms with E-state index in [0.717, 1.165) is 10.3 Å². The number of rotatable bonds is 0. The fraction of sp³-hybridized carbons (Fsp3) is 0. The van der Waals surface area contributed by atoms with Crippen LogP contribution in [0.15, 0.2) is 27.6 Å². The van der Waals surface area contributed by atoms with Crippen LogP contribution in [-0.4, -0.2) is 5.16 Å². The van der Waals surface area contributed by atoms with Gasteiger partial charge >= 0.3 is 0 Å². The van der Waals surface area contributed by atoms with Gasteiger partial charge in [-0.05, 0) is 12.1 Å². The third-order valence-electron chi connectivity index (χ3n) is 1.51. The highest BCUT2D eigenvalue weighted by Gasteiger charge is 2.05. The number of nitrogen functional groups attached to an aromatic ring is 1. The van der Waals surface area contributed by atoms with E-state index in [1.807, 2.05) is 18.2 Å². The zero-order valence-corrected chi connectivity index (χ0v) is 6.51. The molecule has 2 N–H and O–H groups in total. The third kappa shape index (κ3) is 0.867. The minimum atomic E-state index is 0.413. The van der Waals surface area contributed by atoms with Gasteiger partial charge in [0, 0.05) is 0 Å². The molecular formula is C7H6N2OS. The topological polar surface area (TPSA) is 52.0 Å². The van der Waals surface area contributed by atoms with E-state index in [0.29, 0.717) is 11.4 Å². The predicted octanol–water partition coefficient (Wildman–Crippen LogP) is 1.70. The lowest BCUT2D eigenvalue weighted by atomic mass is 10.2. The Balaban J connectivity index is 2.94. The molecule has 0 spiro atoms. The van der Waals surface area contributed by atoms with Gasteiger partial charge in [0.25, 0.3) is 0 Å². The minimum absolute atomic E-state index is 0.413. The fourth-order valence-electron chi connectivity index (χ4n) is 0.966. The summed E-state index contributed by atoms with van der Waals surface area (Å²) < 4.78 is 4.93. The van der Waals surface area contributed by atoms with Gasteiger partial charge in [0.15, 0.2) is 11.4 Å². The van der Waals surface area contributed by atoms with E-state index >= 15 is 0 Å². The highest BCUT2D eigenvalue weighted by atomic mass is 32.1. The molecule has 56 valence electrons. The van der Waals surface area contributed by atoms with Crippen LogP contribution in [0.3, 0.4) is 0 Å². The standard InChI is InChI=1S/C7H6N2OS/c8-7-4-2-1-3-5(11)6(4)10-9-7/h1-3,11H,(H2,8,9). The van der Waals surface area contributed by atoms with E-state index in [1.54, 1.807) is 0 Å². The van der Waals surface area contributed by atoms with Gasteiger partial charge in [0.1, 0.15) is 0 Å². The SMILES string of the molecule is Nc1noc2c(S)cccc12. The van der Waals surface area contributed by atoms with Crippen molar-refractivity contribution in [3.63, 3.8) is 0 Å². The maximum absolute atomic E-state index is 5.51. The van der Waals surface area contributed by atoms with E-state index in [-0.39, 0.29) is 0 Å². The van der Waals surface area contributed by atoms with Crippen LogP contribution in [0.25, 0.3) is 11.0 Å². The molecule has 0 saturated carbocycles. The van der Waals surface area contributed by atoms with Crippen LogP contribution in [-0.2, 0) is 0 Å². The van der Waals surface area contributed by atoms with Crippen molar-refractivity contribution in [3.05, 3.63) is 18.2 Å². The molecule has 1 aromatic carbocycles. The Labute approximate surface area is 68.6 Å². The Kier molecular flexibility index (Phi) is 1.29. The van der Waals surface area contributed by atoms with Crippen molar-refractivity contribution in [2.45, 2.75) is 4.90 Å². The smallest absolute Gasteiger partial charge is 0.182 e. The first kappa shape index (κ1) is 6.54. The zero-order valence-electron chi connectivity index (χ0n) is 5.61. The molecule has 4 heteroatoms. The summed E-state index contributed by atoms with van der Waals surface area (Å²) in [6, 6.07) is 5.54. The van der Waals surface area contributed by atoms with Gasteiger partial charge in [-0.25, -0.2) is 0 Å². The maximum atomic E-state index is 5.51. The lowest BCUT2D eigenvalue weighted by Gasteiger charge is -1.89. The first-order valence-electron chi connectivity index (χ1n) is 3.12. The number of fused-ring (bicyclic) bond motifs is 1. The average Bonchev–Trinajstić information content (AvgIpc) is 2.35. The van der Waals surface area contributed by atoms with Crippen molar-refractivity contribution >= 4 is 29.4 Å². The minimum Gasteiger partial charge on any atom is -0.380 e. The summed E-state index contributed by atoms with van der Waals surface area (Å²) in [6.45, 7) is 0. The van der Waals surface area contributed by atoms with E-state index in [4.69, 9.17) is 10.3 Å². The van der Waals surface area contributed by atoms with Crippen molar-refractivity contribution in [1.82, 2.24) is 5.16 Å². The maximum Gasteiger partial charge on any atom is 0.182 e. The molecule has 2 aromatic rings. The molecule has 0 fully saturated rings. The van der Waals surface area contributed by atoms with Crippen molar-refractivity contribution in [3.8, 4) is 0 Å². The number of hydrogen-bond acceptors (Lipinski definition) is 4. The summed E-state index contributed by atoms with van der Waals surface area (Å²) in [6.07, 6.45) is 0. The summed E-state index contributed by atoms with van der Waals surface area (Å²) in [5, 5.41) is 4.43. The van der Waals surface area contributed by atoms with Crippen molar-refractivity contribution in [1.29, 1.82) is 0 Å². The Hall–Kier alpha value is -1.16. The summed E-state index contributed by atoms with van der Waals surface area (Å²) in [5.41, 5.74) is 6.15. The van der Waals surface area contributed by atoms with Crippen LogP contribution in [0.5, 0.6) is 0 Å². The second-order valence-corrected chi connectivity index (χ2v) is 2.70. The highest BCUT2D eigenvalue weighted by Crippen LogP contribution is 2.25. The van der Waals surface area contributed by atoms with Gasteiger partial charge in [-0.3, -0.25) is 0 Å². The van der Waals surface area contributed by atoms with Gasteiger partial charge in [-0.2, -0.15) is 0 Å². The first-order valence-corrected chi connectivity index (χ1v) is 3.56. The van der Waals surface area contributed by atoms with Crippen LogP contribution >= 0.6 is 12.6 Å². The molecule has 0 amide bonds. The summed E-state index contributed by atoms with van der Waals surface area (Å²) >= 11 is 4.17. The van der Waals surface area contributed by atoms with Crippen molar-refractivity contribution < 1.29 is 4.52 Å². The van der Waals surface area contributed by atoms with Gasteiger partial charge in [-0.15, -0.1) is 12.6 Å². The van der Waals surface area contributed by atoms with Gasteiger partial charge in [0.2, 0.25) is 0 Å². The molecule has 0 saturated heterocycles. The van der Waals surface area contributed by atoms with Crippen LogP contribution in [0.4, 0.5) is 5.82 Å². The highest BCUT2D eigenvalue weighted by molar-refractivity contribution is 7.80. The lowest BCUT2D eigenvalue weighted by molar-refractivity contribution is 0.456. The first-order chi connectivity index (χ1) is 5.29. The van der Waals surface area contributed by atoms with E-state index in [9.17, 15) is 0 Å². The molecule has 0 atom stereocenters. The second-order valence-electron chi connectivity index (χ2n) is 2.22. The normalized spacial score (nSPS) is 10.6. The quantitative estimate of drug-likeness (QED) is 0.585. The average molecular weight is 166 g/mol. The Bertz CT molecular complexity index is 396. The molecule has 0 unspecified atom stereocenters. The van der Waals surface area contributed by atoms with Crippen LogP contribution < -0.4 is 5.73 Å². The number of thiol groups is 1. The van der Waals surface area contributed by atoms with Crippen LogP contribution in [0, 0.1) is 0 Å². The summed E-state index contributed by atoms with van der Waals surface area (Å²) in [7, 11) is 0. The number of nitrogens with two attached hydrogens (primary N) is 1. The molecule has 0 bridgehead atoms. The summed E-state index contributed by atoms with van der Waals surface area (Å²) in [4.78, 5) is 0.756. The Morgan fingerprint density at radius 3 is 3.00 bits per heavy atom. The van der Waals surface area contributed by atoms with Crippen LogP contribution in [0.2, 0.25) is 0 Å². The predicted molar refractivity (Wildman–Crippen MR) is 45.7 cm³/mol. The molecule has 1 heterocycles. The number of hydrogen-bond donors (Lipinski definition) is 2.